The standard InChI is InChI=1S/C11H20N2O3/c1-8(2)10-11(15)13(6-7-16-3)5-4-9(14)12-10/h8,10H,4-7H2,1-3H3,(H,12,14). The molecule has 1 unspecified atom stereocenters. The number of amides is 2. The van der Waals surface area contributed by atoms with Gasteiger partial charge in [0.15, 0.2) is 0 Å². The topological polar surface area (TPSA) is 58.6 Å². The molecule has 5 nitrogen and oxygen atoms in total. The fourth-order valence-corrected chi connectivity index (χ4v) is 1.73. The van der Waals surface area contributed by atoms with Crippen molar-refractivity contribution in [3.8, 4) is 0 Å². The van der Waals surface area contributed by atoms with Crippen molar-refractivity contribution in [3.05, 3.63) is 0 Å². The first kappa shape index (κ1) is 13.0. The molecule has 92 valence electrons. The average molecular weight is 228 g/mol. The average Bonchev–Trinajstić information content (AvgIpc) is 2.37. The lowest BCUT2D eigenvalue weighted by Gasteiger charge is -2.25. The van der Waals surface area contributed by atoms with Crippen LogP contribution in [0.15, 0.2) is 0 Å². The molecule has 1 N–H and O–H groups in total. The van der Waals surface area contributed by atoms with E-state index in [1.165, 1.54) is 0 Å². The van der Waals surface area contributed by atoms with Gasteiger partial charge in [-0.05, 0) is 5.92 Å². The normalized spacial score (nSPS) is 22.2. The van der Waals surface area contributed by atoms with Crippen molar-refractivity contribution in [2.45, 2.75) is 26.3 Å². The Kier molecular flexibility index (Phi) is 4.73. The smallest absolute Gasteiger partial charge is 0.245 e. The van der Waals surface area contributed by atoms with Gasteiger partial charge in [0.2, 0.25) is 11.8 Å². The molecule has 1 aliphatic heterocycles. The molecular formula is C11H20N2O3. The zero-order valence-corrected chi connectivity index (χ0v) is 10.2. The fraction of sp³-hybridized carbons (Fsp3) is 0.818. The first-order valence-corrected chi connectivity index (χ1v) is 5.63. The maximum absolute atomic E-state index is 12.1. The highest BCUT2D eigenvalue weighted by atomic mass is 16.5. The highest BCUT2D eigenvalue weighted by molar-refractivity contribution is 5.90. The first-order valence-electron chi connectivity index (χ1n) is 5.63. The number of hydrogen-bond acceptors (Lipinski definition) is 3. The minimum atomic E-state index is -0.396. The van der Waals surface area contributed by atoms with E-state index >= 15 is 0 Å². The Balaban J connectivity index is 2.71. The van der Waals surface area contributed by atoms with E-state index in [2.05, 4.69) is 5.32 Å². The van der Waals surface area contributed by atoms with Crippen LogP contribution in [-0.2, 0) is 14.3 Å². The van der Waals surface area contributed by atoms with Crippen LogP contribution in [0, 0.1) is 5.92 Å². The molecule has 1 rings (SSSR count). The third kappa shape index (κ3) is 3.20. The molecule has 0 aliphatic carbocycles. The quantitative estimate of drug-likeness (QED) is 0.737. The van der Waals surface area contributed by atoms with Gasteiger partial charge in [0.05, 0.1) is 6.61 Å². The van der Waals surface area contributed by atoms with Gasteiger partial charge in [0, 0.05) is 26.6 Å². The van der Waals surface area contributed by atoms with Gasteiger partial charge < -0.3 is 15.0 Å². The minimum Gasteiger partial charge on any atom is -0.383 e. The number of carbonyl (C=O) groups is 2. The molecule has 0 aromatic rings. The first-order chi connectivity index (χ1) is 7.56. The third-order valence-electron chi connectivity index (χ3n) is 2.73. The van der Waals surface area contributed by atoms with E-state index in [9.17, 15) is 9.59 Å². The monoisotopic (exact) mass is 228 g/mol. The van der Waals surface area contributed by atoms with Crippen molar-refractivity contribution in [2.75, 3.05) is 26.8 Å². The van der Waals surface area contributed by atoms with E-state index in [1.807, 2.05) is 13.8 Å². The van der Waals surface area contributed by atoms with Crippen LogP contribution in [0.25, 0.3) is 0 Å². The summed E-state index contributed by atoms with van der Waals surface area (Å²) in [5, 5.41) is 2.76. The number of nitrogens with zero attached hydrogens (tertiary/aromatic N) is 1. The highest BCUT2D eigenvalue weighted by Crippen LogP contribution is 2.10. The molecule has 0 aromatic carbocycles. The lowest BCUT2D eigenvalue weighted by Crippen LogP contribution is -2.48. The second kappa shape index (κ2) is 5.84. The van der Waals surface area contributed by atoms with Gasteiger partial charge in [0.25, 0.3) is 0 Å². The van der Waals surface area contributed by atoms with Crippen molar-refractivity contribution in [1.29, 1.82) is 0 Å². The van der Waals surface area contributed by atoms with E-state index in [-0.39, 0.29) is 17.7 Å². The van der Waals surface area contributed by atoms with E-state index in [4.69, 9.17) is 4.74 Å². The number of carbonyl (C=O) groups excluding carboxylic acids is 2. The van der Waals surface area contributed by atoms with Crippen LogP contribution in [0.3, 0.4) is 0 Å². The number of nitrogens with one attached hydrogen (secondary N) is 1. The van der Waals surface area contributed by atoms with Crippen LogP contribution >= 0.6 is 0 Å². The number of ether oxygens (including phenoxy) is 1. The Labute approximate surface area is 96.1 Å². The maximum atomic E-state index is 12.1. The summed E-state index contributed by atoms with van der Waals surface area (Å²) in [6, 6.07) is -0.396. The van der Waals surface area contributed by atoms with E-state index < -0.39 is 6.04 Å². The van der Waals surface area contributed by atoms with Gasteiger partial charge in [0.1, 0.15) is 6.04 Å². The molecule has 5 heteroatoms. The summed E-state index contributed by atoms with van der Waals surface area (Å²) in [4.78, 5) is 25.2. The van der Waals surface area contributed by atoms with Crippen LogP contribution in [0.5, 0.6) is 0 Å². The van der Waals surface area contributed by atoms with Crippen LogP contribution in [0.4, 0.5) is 0 Å². The second-order valence-corrected chi connectivity index (χ2v) is 4.36. The molecule has 0 saturated carbocycles. The van der Waals surface area contributed by atoms with Gasteiger partial charge in [-0.2, -0.15) is 0 Å². The molecule has 0 spiro atoms. The van der Waals surface area contributed by atoms with Gasteiger partial charge in [-0.15, -0.1) is 0 Å². The number of rotatable bonds is 4. The zero-order valence-electron chi connectivity index (χ0n) is 10.2. The predicted molar refractivity (Wildman–Crippen MR) is 59.8 cm³/mol. The Morgan fingerprint density at radius 3 is 2.75 bits per heavy atom. The van der Waals surface area contributed by atoms with Gasteiger partial charge >= 0.3 is 0 Å². The summed E-state index contributed by atoms with van der Waals surface area (Å²) < 4.78 is 4.96. The van der Waals surface area contributed by atoms with Crippen molar-refractivity contribution in [2.24, 2.45) is 5.92 Å². The second-order valence-electron chi connectivity index (χ2n) is 4.36. The molecule has 0 aromatic heterocycles. The number of hydrogen-bond donors (Lipinski definition) is 1. The predicted octanol–water partition coefficient (Wildman–Crippen LogP) is 0.00590. The highest BCUT2D eigenvalue weighted by Gasteiger charge is 2.31. The molecule has 1 aliphatic rings. The summed E-state index contributed by atoms with van der Waals surface area (Å²) in [5.41, 5.74) is 0. The van der Waals surface area contributed by atoms with Crippen LogP contribution in [0.2, 0.25) is 0 Å². The lowest BCUT2D eigenvalue weighted by atomic mass is 10.0. The Bertz CT molecular complexity index is 266. The van der Waals surface area contributed by atoms with Gasteiger partial charge in [-0.1, -0.05) is 13.8 Å². The Morgan fingerprint density at radius 2 is 2.19 bits per heavy atom. The molecule has 1 atom stereocenters. The third-order valence-corrected chi connectivity index (χ3v) is 2.73. The fourth-order valence-electron chi connectivity index (χ4n) is 1.73. The molecule has 16 heavy (non-hydrogen) atoms. The van der Waals surface area contributed by atoms with Crippen molar-refractivity contribution in [3.63, 3.8) is 0 Å². The van der Waals surface area contributed by atoms with E-state index in [1.54, 1.807) is 12.0 Å². The summed E-state index contributed by atoms with van der Waals surface area (Å²) in [6.07, 6.45) is 0.374. The largest absolute Gasteiger partial charge is 0.383 e. The van der Waals surface area contributed by atoms with Gasteiger partial charge in [-0.3, -0.25) is 9.59 Å². The molecule has 1 heterocycles. The van der Waals surface area contributed by atoms with Crippen molar-refractivity contribution in [1.82, 2.24) is 10.2 Å². The summed E-state index contributed by atoms with van der Waals surface area (Å²) in [6.45, 7) is 5.40. The SMILES string of the molecule is COCCN1CCC(=O)NC(C(C)C)C1=O. The zero-order chi connectivity index (χ0) is 12.1. The molecule has 0 bridgehead atoms. The molecule has 2 amide bonds. The molecule has 1 saturated heterocycles. The van der Waals surface area contributed by atoms with Crippen molar-refractivity contribution < 1.29 is 14.3 Å². The molecule has 0 radical (unpaired) electrons. The maximum Gasteiger partial charge on any atom is 0.245 e. The lowest BCUT2D eigenvalue weighted by molar-refractivity contribution is -0.135. The molecular weight excluding hydrogens is 208 g/mol. The summed E-state index contributed by atoms with van der Waals surface area (Å²) >= 11 is 0. The van der Waals surface area contributed by atoms with Crippen LogP contribution < -0.4 is 5.32 Å². The summed E-state index contributed by atoms with van der Waals surface area (Å²) in [7, 11) is 1.60. The number of methoxy groups -OCH3 is 1. The van der Waals surface area contributed by atoms with E-state index in [0.29, 0.717) is 26.1 Å². The minimum absolute atomic E-state index is 0.00194. The van der Waals surface area contributed by atoms with E-state index in [0.717, 1.165) is 0 Å². The summed E-state index contributed by atoms with van der Waals surface area (Å²) in [5.74, 6) is 0.0597. The van der Waals surface area contributed by atoms with Crippen molar-refractivity contribution >= 4 is 11.8 Å². The van der Waals surface area contributed by atoms with Gasteiger partial charge in [-0.25, -0.2) is 0 Å². The van der Waals surface area contributed by atoms with Crippen LogP contribution in [-0.4, -0.2) is 49.6 Å². The Hall–Kier alpha value is -1.10. The molecule has 1 fully saturated rings. The Morgan fingerprint density at radius 1 is 1.50 bits per heavy atom. The van der Waals surface area contributed by atoms with Crippen LogP contribution in [0.1, 0.15) is 20.3 Å².